The number of aromatic hydroxyl groups is 1. The van der Waals surface area contributed by atoms with Gasteiger partial charge in [-0.1, -0.05) is 12.0 Å². The van der Waals surface area contributed by atoms with Gasteiger partial charge in [0.1, 0.15) is 34.7 Å². The molecular formula is C32H31F2N7O3. The predicted octanol–water partition coefficient (Wildman–Crippen LogP) is 3.08. The Hall–Kier alpha value is -4.60. The molecule has 3 saturated heterocycles. The number of carbonyl (C=O) groups excluding carboxylic acids is 1. The number of fused-ring (bicyclic) bond motifs is 4. The summed E-state index contributed by atoms with van der Waals surface area (Å²) in [6.07, 6.45) is 10.3. The number of halogens is 2. The smallest absolute Gasteiger partial charge is 0.319 e. The second-order valence-corrected chi connectivity index (χ2v) is 11.8. The molecule has 0 saturated carbocycles. The van der Waals surface area contributed by atoms with Gasteiger partial charge in [-0.05, 0) is 49.3 Å². The number of likely N-dealkylation sites (tertiary alicyclic amines) is 1. The zero-order valence-electron chi connectivity index (χ0n) is 23.9. The molecule has 3 aliphatic rings. The third-order valence-electron chi connectivity index (χ3n) is 8.80. The van der Waals surface area contributed by atoms with Crippen molar-refractivity contribution in [2.45, 2.75) is 43.9 Å². The highest BCUT2D eigenvalue weighted by molar-refractivity contribution is 6.03. The Balaban J connectivity index is 1.34. The number of piperidine rings is 1. The van der Waals surface area contributed by atoms with Gasteiger partial charge in [0, 0.05) is 55.4 Å². The number of carbonyl (C=O) groups is 1. The average molecular weight is 600 g/mol. The van der Waals surface area contributed by atoms with Crippen molar-refractivity contribution in [1.29, 1.82) is 0 Å². The van der Waals surface area contributed by atoms with E-state index in [-0.39, 0.29) is 58.0 Å². The molecule has 0 aliphatic carbocycles. The van der Waals surface area contributed by atoms with Crippen LogP contribution < -0.4 is 20.7 Å². The second-order valence-electron chi connectivity index (χ2n) is 11.8. The van der Waals surface area contributed by atoms with Gasteiger partial charge in [-0.3, -0.25) is 14.7 Å². The number of aromatic nitrogens is 3. The molecule has 226 valence electrons. The van der Waals surface area contributed by atoms with Crippen molar-refractivity contribution in [2.24, 2.45) is 5.73 Å². The van der Waals surface area contributed by atoms with E-state index in [0.717, 1.165) is 12.8 Å². The van der Waals surface area contributed by atoms with Gasteiger partial charge in [0.25, 0.3) is 0 Å². The summed E-state index contributed by atoms with van der Waals surface area (Å²) in [6, 6.07) is 6.10. The number of hydrogen-bond acceptors (Lipinski definition) is 9. The first-order valence-electron chi connectivity index (χ1n) is 14.7. The van der Waals surface area contributed by atoms with Crippen molar-refractivity contribution in [3.8, 4) is 35.4 Å². The highest BCUT2D eigenvalue weighted by Gasteiger charge is 2.34. The SMILES string of the molecule is C#Cc1c(F)ccc2cc(O)cc(-c3ncc4c(N5CC6CCC(C5)N6)nc(OC5CCN(CC(N)=O)CC5)nc4c3F)c12. The number of phenolic OH excluding ortho intramolecular Hbond substituents is 1. The summed E-state index contributed by atoms with van der Waals surface area (Å²) < 4.78 is 37.7. The largest absolute Gasteiger partial charge is 0.508 e. The number of pyridine rings is 1. The van der Waals surface area contributed by atoms with E-state index in [0.29, 0.717) is 67.7 Å². The molecule has 3 fully saturated rings. The molecule has 2 aromatic heterocycles. The van der Waals surface area contributed by atoms with Crippen LogP contribution in [0.4, 0.5) is 14.6 Å². The standard InChI is InChI=1S/C32H31F2N7O3/c1-2-22-25(33)6-3-17-11-20(42)12-23(27(17)22)29-28(34)30-24(13-36-29)31(41-14-18-4-5-19(15-41)37-18)39-32(38-30)44-21-7-9-40(10-8-21)16-26(35)43/h1,3,6,11-13,18-19,21,37,42H,4-5,7-10,14-16H2,(H2,35,43). The number of anilines is 1. The molecule has 10 nitrogen and oxygen atoms in total. The Morgan fingerprint density at radius 2 is 1.89 bits per heavy atom. The molecule has 44 heavy (non-hydrogen) atoms. The molecule has 7 rings (SSSR count). The van der Waals surface area contributed by atoms with Crippen molar-refractivity contribution in [3.05, 3.63) is 47.7 Å². The van der Waals surface area contributed by atoms with E-state index in [2.05, 4.69) is 26.1 Å². The van der Waals surface area contributed by atoms with Crippen LogP contribution in [0.2, 0.25) is 0 Å². The highest BCUT2D eigenvalue weighted by Crippen LogP contribution is 2.39. The molecule has 0 spiro atoms. The van der Waals surface area contributed by atoms with Crippen molar-refractivity contribution >= 4 is 33.4 Å². The second kappa shape index (κ2) is 11.2. The van der Waals surface area contributed by atoms with Gasteiger partial charge in [-0.25, -0.2) is 8.78 Å². The van der Waals surface area contributed by atoms with E-state index in [1.54, 1.807) is 0 Å². The average Bonchev–Trinajstić information content (AvgIpc) is 3.34. The summed E-state index contributed by atoms with van der Waals surface area (Å²) in [5.41, 5.74) is 5.33. The highest BCUT2D eigenvalue weighted by atomic mass is 19.1. The molecule has 4 aromatic rings. The van der Waals surface area contributed by atoms with Gasteiger partial charge in [0.15, 0.2) is 5.82 Å². The molecule has 3 aliphatic heterocycles. The van der Waals surface area contributed by atoms with Crippen LogP contribution in [0.5, 0.6) is 11.8 Å². The number of piperazine rings is 1. The minimum Gasteiger partial charge on any atom is -0.508 e. The van der Waals surface area contributed by atoms with E-state index in [9.17, 15) is 14.3 Å². The van der Waals surface area contributed by atoms with Crippen LogP contribution in [0.25, 0.3) is 32.9 Å². The first-order chi connectivity index (χ1) is 21.3. The molecular weight excluding hydrogens is 568 g/mol. The number of primary amides is 1. The summed E-state index contributed by atoms with van der Waals surface area (Å²) >= 11 is 0. The fraction of sp³-hybridized carbons (Fsp3) is 0.375. The molecule has 12 heteroatoms. The topological polar surface area (TPSA) is 130 Å². The van der Waals surface area contributed by atoms with Gasteiger partial charge in [-0.15, -0.1) is 6.42 Å². The predicted molar refractivity (Wildman–Crippen MR) is 161 cm³/mol. The quantitative estimate of drug-likeness (QED) is 0.286. The number of nitrogens with one attached hydrogen (secondary N) is 1. The van der Waals surface area contributed by atoms with Gasteiger partial charge in [-0.2, -0.15) is 9.97 Å². The molecule has 2 atom stereocenters. The van der Waals surface area contributed by atoms with Crippen LogP contribution in [0.15, 0.2) is 30.5 Å². The maximum atomic E-state index is 16.7. The van der Waals surface area contributed by atoms with Crippen LogP contribution in [0, 0.1) is 24.0 Å². The minimum absolute atomic E-state index is 0.00203. The summed E-state index contributed by atoms with van der Waals surface area (Å²) in [4.78, 5) is 29.2. The molecule has 2 aromatic carbocycles. The number of hydrogen-bond donors (Lipinski definition) is 3. The summed E-state index contributed by atoms with van der Waals surface area (Å²) in [5.74, 6) is 0.976. The summed E-state index contributed by atoms with van der Waals surface area (Å²) in [5, 5.41) is 15.2. The van der Waals surface area contributed by atoms with Crippen molar-refractivity contribution in [3.63, 3.8) is 0 Å². The van der Waals surface area contributed by atoms with Crippen LogP contribution in [-0.4, -0.2) is 81.8 Å². The van der Waals surface area contributed by atoms with E-state index in [1.807, 2.05) is 4.90 Å². The van der Waals surface area contributed by atoms with Crippen LogP contribution in [-0.2, 0) is 4.79 Å². The van der Waals surface area contributed by atoms with Gasteiger partial charge in [0.05, 0.1) is 17.5 Å². The Labute approximate surface area is 252 Å². The molecule has 0 radical (unpaired) electrons. The van der Waals surface area contributed by atoms with Gasteiger partial charge < -0.3 is 25.8 Å². The lowest BCUT2D eigenvalue weighted by Crippen LogP contribution is -2.51. The minimum atomic E-state index is -0.760. The van der Waals surface area contributed by atoms with Crippen LogP contribution in [0.1, 0.15) is 31.2 Å². The first kappa shape index (κ1) is 28.2. The number of terminal acetylenes is 1. The zero-order valence-corrected chi connectivity index (χ0v) is 23.9. The monoisotopic (exact) mass is 599 g/mol. The third kappa shape index (κ3) is 5.12. The van der Waals surface area contributed by atoms with Crippen LogP contribution in [0.3, 0.4) is 0 Å². The number of rotatable bonds is 6. The van der Waals surface area contributed by atoms with Gasteiger partial charge >= 0.3 is 6.01 Å². The third-order valence-corrected chi connectivity index (χ3v) is 8.80. The summed E-state index contributed by atoms with van der Waals surface area (Å²) in [7, 11) is 0. The number of benzene rings is 2. The van der Waals surface area contributed by atoms with Crippen molar-refractivity contribution in [2.75, 3.05) is 37.6 Å². The normalized spacial score (nSPS) is 20.7. The number of nitrogens with zero attached hydrogens (tertiary/aromatic N) is 5. The van der Waals surface area contributed by atoms with E-state index < -0.39 is 11.6 Å². The van der Waals surface area contributed by atoms with E-state index >= 15 is 4.39 Å². The van der Waals surface area contributed by atoms with Crippen molar-refractivity contribution in [1.82, 2.24) is 25.2 Å². The molecule has 2 unspecified atom stereocenters. The van der Waals surface area contributed by atoms with Gasteiger partial charge in [0.2, 0.25) is 5.91 Å². The summed E-state index contributed by atoms with van der Waals surface area (Å²) in [6.45, 7) is 2.81. The Morgan fingerprint density at radius 1 is 1.14 bits per heavy atom. The maximum Gasteiger partial charge on any atom is 0.319 e. The first-order valence-corrected chi connectivity index (χ1v) is 14.7. The number of phenols is 1. The Morgan fingerprint density at radius 3 is 2.59 bits per heavy atom. The fourth-order valence-corrected chi connectivity index (χ4v) is 6.78. The van der Waals surface area contributed by atoms with E-state index in [1.165, 1.54) is 30.5 Å². The van der Waals surface area contributed by atoms with Crippen molar-refractivity contribution < 1.29 is 23.4 Å². The fourth-order valence-electron chi connectivity index (χ4n) is 6.78. The zero-order chi connectivity index (χ0) is 30.5. The Kier molecular flexibility index (Phi) is 7.14. The molecule has 2 bridgehead atoms. The maximum absolute atomic E-state index is 16.7. The lowest BCUT2D eigenvalue weighted by atomic mass is 9.96. The molecule has 1 amide bonds. The van der Waals surface area contributed by atoms with E-state index in [4.69, 9.17) is 21.9 Å². The molecule has 4 N–H and O–H groups in total. The van der Waals surface area contributed by atoms with Crippen LogP contribution >= 0.6 is 0 Å². The number of amides is 1. The Bertz CT molecular complexity index is 1830. The molecule has 5 heterocycles. The number of ether oxygens (including phenoxy) is 1. The number of nitrogens with two attached hydrogens (primary N) is 1. The lowest BCUT2D eigenvalue weighted by molar-refractivity contribution is -0.119. The lowest BCUT2D eigenvalue weighted by Gasteiger charge is -2.34.